The Morgan fingerprint density at radius 3 is 2.36 bits per heavy atom. The van der Waals surface area contributed by atoms with Crippen LogP contribution >= 0.6 is 0 Å². The third kappa shape index (κ3) is 7.39. The Morgan fingerprint density at radius 2 is 1.60 bits per heavy atom. The van der Waals surface area contributed by atoms with Crippen molar-refractivity contribution in [1.82, 2.24) is 20.3 Å². The largest absolute Gasteiger partial charge is 0.384 e. The number of aliphatic imine (C=N–C) groups is 1. The lowest BCUT2D eigenvalue weighted by atomic mass is 10.0. The molecule has 5 aromatic rings. The van der Waals surface area contributed by atoms with Crippen LogP contribution in [0.5, 0.6) is 0 Å². The highest BCUT2D eigenvalue weighted by molar-refractivity contribution is 6.04. The van der Waals surface area contributed by atoms with Gasteiger partial charge in [-0.25, -0.2) is 4.39 Å². The van der Waals surface area contributed by atoms with E-state index in [9.17, 15) is 9.18 Å². The summed E-state index contributed by atoms with van der Waals surface area (Å²) < 4.78 is 13.7. The van der Waals surface area contributed by atoms with Gasteiger partial charge in [-0.05, 0) is 53.4 Å². The third-order valence-corrected chi connectivity index (χ3v) is 6.58. The molecule has 0 saturated carbocycles. The zero-order valence-corrected chi connectivity index (χ0v) is 22.9. The van der Waals surface area contributed by atoms with Crippen LogP contribution in [-0.4, -0.2) is 33.2 Å². The van der Waals surface area contributed by atoms with Gasteiger partial charge >= 0.3 is 0 Å². The highest BCUT2D eigenvalue weighted by atomic mass is 19.1. The molecule has 5 rings (SSSR count). The highest BCUT2D eigenvalue weighted by Crippen LogP contribution is 2.27. The first kappa shape index (κ1) is 28.1. The van der Waals surface area contributed by atoms with Crippen LogP contribution in [0.3, 0.4) is 0 Å². The molecule has 4 N–H and O–H groups in total. The van der Waals surface area contributed by atoms with Crippen molar-refractivity contribution in [3.8, 4) is 11.3 Å². The zero-order chi connectivity index (χ0) is 29.1. The van der Waals surface area contributed by atoms with Gasteiger partial charge < -0.3 is 16.4 Å². The number of anilines is 1. The van der Waals surface area contributed by atoms with Crippen molar-refractivity contribution in [3.05, 3.63) is 143 Å². The molecule has 0 fully saturated rings. The number of hydrogen-bond acceptors (Lipinski definition) is 6. The number of nitrogens with one attached hydrogen (secondary N) is 2. The molecule has 0 saturated heterocycles. The van der Waals surface area contributed by atoms with Crippen molar-refractivity contribution in [2.75, 3.05) is 11.9 Å². The summed E-state index contributed by atoms with van der Waals surface area (Å²) in [5.74, 6) is -0.194. The van der Waals surface area contributed by atoms with Gasteiger partial charge in [0.1, 0.15) is 11.7 Å². The molecule has 210 valence electrons. The summed E-state index contributed by atoms with van der Waals surface area (Å²) in [6.07, 6.45) is 8.98. The Kier molecular flexibility index (Phi) is 9.21. The van der Waals surface area contributed by atoms with Gasteiger partial charge in [0.15, 0.2) is 0 Å². The van der Waals surface area contributed by atoms with E-state index in [2.05, 4.69) is 30.6 Å². The van der Waals surface area contributed by atoms with Gasteiger partial charge in [-0.2, -0.15) is 0 Å². The van der Waals surface area contributed by atoms with Crippen molar-refractivity contribution in [2.45, 2.75) is 19.5 Å². The lowest BCUT2D eigenvalue weighted by molar-refractivity contribution is 0.0951. The van der Waals surface area contributed by atoms with E-state index in [1.807, 2.05) is 60.7 Å². The van der Waals surface area contributed by atoms with E-state index in [1.165, 1.54) is 12.1 Å². The number of halogens is 1. The van der Waals surface area contributed by atoms with Crippen LogP contribution in [0.2, 0.25) is 0 Å². The molecule has 3 aromatic heterocycles. The lowest BCUT2D eigenvalue weighted by Gasteiger charge is -2.15. The van der Waals surface area contributed by atoms with Crippen LogP contribution in [0, 0.1) is 5.82 Å². The summed E-state index contributed by atoms with van der Waals surface area (Å²) in [4.78, 5) is 30.7. The van der Waals surface area contributed by atoms with Gasteiger partial charge in [-0.1, -0.05) is 48.5 Å². The Bertz CT molecular complexity index is 1680. The van der Waals surface area contributed by atoms with Crippen LogP contribution in [0.15, 0.2) is 115 Å². The lowest BCUT2D eigenvalue weighted by Crippen LogP contribution is -2.24. The van der Waals surface area contributed by atoms with E-state index in [-0.39, 0.29) is 11.7 Å². The fraction of sp³-hybridized carbons (Fsp3) is 0.121. The number of amidine groups is 1. The molecule has 0 atom stereocenters. The average Bonchev–Trinajstić information content (AvgIpc) is 3.03. The monoisotopic (exact) mass is 559 g/mol. The van der Waals surface area contributed by atoms with E-state index in [0.29, 0.717) is 48.8 Å². The van der Waals surface area contributed by atoms with Crippen molar-refractivity contribution in [2.24, 2.45) is 10.7 Å². The minimum atomic E-state index is -0.284. The molecule has 0 aliphatic heterocycles. The molecular formula is C33H30FN7O. The predicted octanol–water partition coefficient (Wildman–Crippen LogP) is 5.17. The summed E-state index contributed by atoms with van der Waals surface area (Å²) in [7, 11) is 0. The minimum Gasteiger partial charge on any atom is -0.384 e. The Labute approximate surface area is 243 Å². The van der Waals surface area contributed by atoms with Crippen LogP contribution in [0.1, 0.15) is 32.6 Å². The van der Waals surface area contributed by atoms with Crippen molar-refractivity contribution in [3.63, 3.8) is 0 Å². The first-order chi connectivity index (χ1) is 20.6. The molecule has 0 aliphatic rings. The Hall–Kier alpha value is -5.44. The van der Waals surface area contributed by atoms with Gasteiger partial charge in [0.05, 0.1) is 23.5 Å². The van der Waals surface area contributed by atoms with Crippen LogP contribution in [-0.2, 0) is 19.5 Å². The fourth-order valence-electron chi connectivity index (χ4n) is 4.43. The molecule has 0 unspecified atom stereocenters. The van der Waals surface area contributed by atoms with Gasteiger partial charge in [0.25, 0.3) is 5.91 Å². The van der Waals surface area contributed by atoms with Gasteiger partial charge in [-0.3, -0.25) is 24.7 Å². The molecule has 2 aromatic carbocycles. The SMILES string of the molecule is NC(=NCc1cccnc1)c1ccccc1-c1cc(NCCc2cccc(F)c2)c(C(=O)NCc2cccnc2)cn1. The maximum absolute atomic E-state index is 13.7. The molecule has 0 bridgehead atoms. The molecule has 1 amide bonds. The van der Waals surface area contributed by atoms with Crippen LogP contribution in [0.4, 0.5) is 10.1 Å². The van der Waals surface area contributed by atoms with E-state index in [0.717, 1.165) is 27.8 Å². The van der Waals surface area contributed by atoms with E-state index in [1.54, 1.807) is 37.1 Å². The number of rotatable bonds is 11. The first-order valence-electron chi connectivity index (χ1n) is 13.5. The molecule has 8 nitrogen and oxygen atoms in total. The normalized spacial score (nSPS) is 11.2. The van der Waals surface area contributed by atoms with Crippen LogP contribution in [0.25, 0.3) is 11.3 Å². The number of amides is 1. The second-order valence-electron chi connectivity index (χ2n) is 9.57. The summed E-state index contributed by atoms with van der Waals surface area (Å²) in [5, 5.41) is 6.30. The first-order valence-corrected chi connectivity index (χ1v) is 13.5. The summed E-state index contributed by atoms with van der Waals surface area (Å²) in [6, 6.07) is 23.4. The maximum atomic E-state index is 13.7. The maximum Gasteiger partial charge on any atom is 0.255 e. The smallest absolute Gasteiger partial charge is 0.255 e. The Morgan fingerprint density at radius 1 is 0.833 bits per heavy atom. The summed E-state index contributed by atoms with van der Waals surface area (Å²) in [6.45, 7) is 1.19. The number of hydrogen-bond donors (Lipinski definition) is 3. The molecule has 3 heterocycles. The number of nitrogens with zero attached hydrogens (tertiary/aromatic N) is 4. The highest BCUT2D eigenvalue weighted by Gasteiger charge is 2.16. The van der Waals surface area contributed by atoms with Gasteiger partial charge in [0.2, 0.25) is 0 Å². The van der Waals surface area contributed by atoms with E-state index in [4.69, 9.17) is 5.73 Å². The molecule has 0 radical (unpaired) electrons. The third-order valence-electron chi connectivity index (χ3n) is 6.58. The van der Waals surface area contributed by atoms with Gasteiger partial charge in [-0.15, -0.1) is 0 Å². The minimum absolute atomic E-state index is 0.281. The molecule has 42 heavy (non-hydrogen) atoms. The van der Waals surface area contributed by atoms with Crippen molar-refractivity contribution in [1.29, 1.82) is 0 Å². The average molecular weight is 560 g/mol. The number of nitrogens with two attached hydrogens (primary N) is 1. The second kappa shape index (κ2) is 13.8. The zero-order valence-electron chi connectivity index (χ0n) is 22.9. The topological polar surface area (TPSA) is 118 Å². The number of carbonyl (C=O) groups excluding carboxylic acids is 1. The number of benzene rings is 2. The molecule has 0 aliphatic carbocycles. The van der Waals surface area contributed by atoms with E-state index >= 15 is 0 Å². The van der Waals surface area contributed by atoms with E-state index < -0.39 is 0 Å². The second-order valence-corrected chi connectivity index (χ2v) is 9.57. The molecule has 9 heteroatoms. The molecular weight excluding hydrogens is 529 g/mol. The predicted molar refractivity (Wildman–Crippen MR) is 162 cm³/mol. The summed E-state index contributed by atoms with van der Waals surface area (Å²) in [5.41, 5.74) is 12.2. The number of pyridine rings is 3. The standard InChI is InChI=1S/C33H30FN7O/c34-26-9-3-6-23(16-26)12-15-38-31-17-30(39-22-29(31)33(42)41-21-25-8-5-14-37-19-25)27-10-1-2-11-28(27)32(35)40-20-24-7-4-13-36-18-24/h1-11,13-14,16-19,22H,12,15,20-21H2,(H2,35,40)(H,38,39)(H,41,42). The fourth-order valence-corrected chi connectivity index (χ4v) is 4.43. The molecule has 0 spiro atoms. The summed E-state index contributed by atoms with van der Waals surface area (Å²) >= 11 is 0. The van der Waals surface area contributed by atoms with Gasteiger partial charge in [0, 0.05) is 55.2 Å². The van der Waals surface area contributed by atoms with Crippen molar-refractivity contribution < 1.29 is 9.18 Å². The quantitative estimate of drug-likeness (QED) is 0.152. The van der Waals surface area contributed by atoms with Crippen molar-refractivity contribution >= 4 is 17.4 Å². The van der Waals surface area contributed by atoms with Crippen LogP contribution < -0.4 is 16.4 Å². The Balaban J connectivity index is 1.42. The number of carbonyl (C=O) groups is 1. The number of aromatic nitrogens is 3.